The first-order valence-corrected chi connectivity index (χ1v) is 19.4. The minimum absolute atomic E-state index is 0.0587. The highest BCUT2D eigenvalue weighted by molar-refractivity contribution is 6.74. The van der Waals surface area contributed by atoms with E-state index in [1.165, 1.54) is 11.0 Å². The molecule has 0 spiro atoms. The Morgan fingerprint density at radius 1 is 1.17 bits per heavy atom. The van der Waals surface area contributed by atoms with Crippen LogP contribution in [0.15, 0.2) is 40.4 Å². The van der Waals surface area contributed by atoms with Gasteiger partial charge in [0.1, 0.15) is 23.7 Å². The third-order valence-corrected chi connectivity index (χ3v) is 13.8. The van der Waals surface area contributed by atoms with Gasteiger partial charge in [-0.15, -0.1) is 0 Å². The van der Waals surface area contributed by atoms with E-state index >= 15 is 0 Å². The molecule has 11 nitrogen and oxygen atoms in total. The van der Waals surface area contributed by atoms with E-state index in [1.54, 1.807) is 19.9 Å². The maximum Gasteiger partial charge on any atom is 0.329 e. The van der Waals surface area contributed by atoms with Gasteiger partial charge < -0.3 is 28.9 Å². The summed E-state index contributed by atoms with van der Waals surface area (Å²) in [5.74, 6) is -1.93. The molecule has 1 fully saturated rings. The standard InChI is InChI=1S/C35H53N3O8Si/c1-22-12-10-16-36-29(41)15-14-23(2)32(24(3)21-39)45-34(43)28-13-11-17-38(28)33(42)31-25(4)44-30(37-31)20-26(40)19-27(18-22)46-47(8,9)35(5,6)7/h10,12,14-15,18,23-24,27-28,32,39H,11,13,16-17,19-21H2,1-9H3,(H,36,41)/b12-10?,15-14+,22-18?/t23-,24+,27?,28-,32+/m1/s1. The van der Waals surface area contributed by atoms with Crippen molar-refractivity contribution < 1.29 is 37.9 Å². The zero-order valence-electron chi connectivity index (χ0n) is 29.4. The topological polar surface area (TPSA) is 148 Å². The van der Waals surface area contributed by atoms with Crippen LogP contribution in [0, 0.1) is 18.8 Å². The highest BCUT2D eigenvalue weighted by atomic mass is 28.4. The highest BCUT2D eigenvalue weighted by Crippen LogP contribution is 2.38. The van der Waals surface area contributed by atoms with E-state index < -0.39 is 50.3 Å². The van der Waals surface area contributed by atoms with Crippen LogP contribution in [-0.2, 0) is 30.0 Å². The molecule has 1 unspecified atom stereocenters. The van der Waals surface area contributed by atoms with Crippen LogP contribution in [0.25, 0.3) is 0 Å². The number of aryl methyl sites for hydroxylation is 1. The van der Waals surface area contributed by atoms with Gasteiger partial charge in [-0.05, 0) is 50.9 Å². The van der Waals surface area contributed by atoms with Gasteiger partial charge in [0.25, 0.3) is 5.91 Å². The minimum Gasteiger partial charge on any atom is -0.460 e. The summed E-state index contributed by atoms with van der Waals surface area (Å²) in [4.78, 5) is 58.9. The molecule has 0 saturated carbocycles. The van der Waals surface area contributed by atoms with Gasteiger partial charge in [-0.2, -0.15) is 0 Å². The van der Waals surface area contributed by atoms with E-state index in [0.717, 1.165) is 5.57 Å². The van der Waals surface area contributed by atoms with Gasteiger partial charge in [-0.3, -0.25) is 14.4 Å². The largest absolute Gasteiger partial charge is 0.460 e. The normalized spacial score (nSPS) is 25.9. The summed E-state index contributed by atoms with van der Waals surface area (Å²) >= 11 is 0. The van der Waals surface area contributed by atoms with Crippen LogP contribution in [0.1, 0.15) is 82.9 Å². The van der Waals surface area contributed by atoms with Crippen molar-refractivity contribution in [1.29, 1.82) is 0 Å². The van der Waals surface area contributed by atoms with Gasteiger partial charge in [0, 0.05) is 38.0 Å². The molecule has 5 atom stereocenters. The average Bonchev–Trinajstić information content (AvgIpc) is 3.61. The lowest BCUT2D eigenvalue weighted by Crippen LogP contribution is -2.44. The van der Waals surface area contributed by atoms with Gasteiger partial charge in [-0.1, -0.05) is 64.5 Å². The molecule has 2 N–H and O–H groups in total. The van der Waals surface area contributed by atoms with Crippen LogP contribution in [0.4, 0.5) is 0 Å². The van der Waals surface area contributed by atoms with Crippen molar-refractivity contribution in [2.24, 2.45) is 11.8 Å². The Labute approximate surface area is 280 Å². The fourth-order valence-corrected chi connectivity index (χ4v) is 6.75. The summed E-state index contributed by atoms with van der Waals surface area (Å²) in [6.07, 6.45) is 8.44. The molecule has 2 aliphatic heterocycles. The Hall–Kier alpha value is -3.35. The molecule has 2 bridgehead atoms. The number of carbonyl (C=O) groups excluding carboxylic acids is 4. The molecule has 2 amide bonds. The number of cyclic esters (lactones) is 1. The number of rotatable bonds is 4. The van der Waals surface area contributed by atoms with Crippen LogP contribution < -0.4 is 5.32 Å². The summed E-state index contributed by atoms with van der Waals surface area (Å²) in [7, 11) is -2.25. The molecule has 47 heavy (non-hydrogen) atoms. The Morgan fingerprint density at radius 3 is 2.53 bits per heavy atom. The van der Waals surface area contributed by atoms with Crippen LogP contribution >= 0.6 is 0 Å². The summed E-state index contributed by atoms with van der Waals surface area (Å²) in [6.45, 7) is 18.2. The number of nitrogens with zero attached hydrogens (tertiary/aromatic N) is 2. The number of hydrogen-bond donors (Lipinski definition) is 2. The number of allylic oxidation sites excluding steroid dienone is 2. The molecule has 0 aromatic carbocycles. The monoisotopic (exact) mass is 671 g/mol. The number of aliphatic hydroxyl groups excluding tert-OH is 1. The number of aliphatic hydroxyl groups is 1. The predicted octanol–water partition coefficient (Wildman–Crippen LogP) is 4.84. The van der Waals surface area contributed by atoms with Crippen LogP contribution in [-0.4, -0.2) is 84.8 Å². The number of aromatic nitrogens is 1. The van der Waals surface area contributed by atoms with Crippen LogP contribution in [0.3, 0.4) is 0 Å². The number of fused-ring (bicyclic) bond motifs is 3. The van der Waals surface area contributed by atoms with E-state index in [9.17, 15) is 24.3 Å². The zero-order chi connectivity index (χ0) is 35.1. The molecule has 12 heteroatoms. The average molecular weight is 672 g/mol. The SMILES string of the molecule is CC1=CC(O[Si](C)(C)C(C)(C)C)CC(=O)Cc2nc(c(C)o2)C(=O)N2CCC[C@@H]2C(=O)O[C@H]([C@@H](C)CO)[C@H](C)/C=C/C(=O)NCC=C1. The van der Waals surface area contributed by atoms with E-state index in [1.807, 2.05) is 32.1 Å². The van der Waals surface area contributed by atoms with E-state index in [-0.39, 0.29) is 60.1 Å². The van der Waals surface area contributed by atoms with Gasteiger partial charge in [-0.25, -0.2) is 9.78 Å². The number of ether oxygens (including phenoxy) is 1. The van der Waals surface area contributed by atoms with E-state index in [2.05, 4.69) is 44.2 Å². The number of ketones is 1. The van der Waals surface area contributed by atoms with E-state index in [0.29, 0.717) is 19.4 Å². The molecular formula is C35H53N3O8Si. The summed E-state index contributed by atoms with van der Waals surface area (Å²) in [5, 5.41) is 12.6. The molecule has 2 aliphatic rings. The molecule has 260 valence electrons. The first-order chi connectivity index (χ1) is 21.9. The molecule has 0 aliphatic carbocycles. The number of Topliss-reactive ketones (excluding diaryl/α,β-unsaturated/α-hetero) is 1. The second-order valence-corrected chi connectivity index (χ2v) is 19.1. The number of nitrogens with one attached hydrogen (secondary N) is 1. The number of oxazole rings is 1. The number of hydrogen-bond acceptors (Lipinski definition) is 9. The molecule has 3 heterocycles. The van der Waals surface area contributed by atoms with Gasteiger partial charge in [0.05, 0.1) is 12.5 Å². The van der Waals surface area contributed by atoms with Crippen molar-refractivity contribution in [3.8, 4) is 0 Å². The Kier molecular flexibility index (Phi) is 13.1. The smallest absolute Gasteiger partial charge is 0.329 e. The Morgan fingerprint density at radius 2 is 1.87 bits per heavy atom. The van der Waals surface area contributed by atoms with Gasteiger partial charge in [0.2, 0.25) is 11.8 Å². The highest BCUT2D eigenvalue weighted by Gasteiger charge is 2.41. The fraction of sp³-hybridized carbons (Fsp3) is 0.629. The quantitative estimate of drug-likeness (QED) is 0.339. The second kappa shape index (κ2) is 16.2. The molecule has 0 radical (unpaired) electrons. The van der Waals surface area contributed by atoms with Crippen molar-refractivity contribution in [2.45, 2.75) is 111 Å². The number of amides is 2. The van der Waals surface area contributed by atoms with Gasteiger partial charge >= 0.3 is 5.97 Å². The summed E-state index contributed by atoms with van der Waals surface area (Å²) in [6, 6.07) is -0.840. The maximum atomic E-state index is 13.7. The molecular weight excluding hydrogens is 618 g/mol. The van der Waals surface area contributed by atoms with Crippen molar-refractivity contribution in [2.75, 3.05) is 19.7 Å². The van der Waals surface area contributed by atoms with Gasteiger partial charge in [0.15, 0.2) is 14.0 Å². The summed E-state index contributed by atoms with van der Waals surface area (Å²) in [5.41, 5.74) is 0.935. The molecule has 3 rings (SSSR count). The minimum atomic E-state index is -2.25. The first-order valence-electron chi connectivity index (χ1n) is 16.5. The van der Waals surface area contributed by atoms with Crippen molar-refractivity contribution in [3.05, 3.63) is 53.3 Å². The van der Waals surface area contributed by atoms with E-state index in [4.69, 9.17) is 13.6 Å². The number of esters is 1. The van der Waals surface area contributed by atoms with Crippen LogP contribution in [0.2, 0.25) is 18.1 Å². The number of carbonyl (C=O) groups is 4. The molecule has 1 saturated heterocycles. The van der Waals surface area contributed by atoms with Crippen LogP contribution in [0.5, 0.6) is 0 Å². The van der Waals surface area contributed by atoms with Crippen molar-refractivity contribution in [3.63, 3.8) is 0 Å². The summed E-state index contributed by atoms with van der Waals surface area (Å²) < 4.78 is 18.3. The Balaban J connectivity index is 1.98. The lowest BCUT2D eigenvalue weighted by Gasteiger charge is -2.38. The zero-order valence-corrected chi connectivity index (χ0v) is 30.4. The molecule has 1 aromatic rings. The van der Waals surface area contributed by atoms with Crippen molar-refractivity contribution in [1.82, 2.24) is 15.2 Å². The lowest BCUT2D eigenvalue weighted by atomic mass is 9.93. The fourth-order valence-electron chi connectivity index (χ4n) is 5.49. The predicted molar refractivity (Wildman–Crippen MR) is 181 cm³/mol. The molecule has 1 aromatic heterocycles. The third kappa shape index (κ3) is 10.3. The third-order valence-electron chi connectivity index (χ3n) is 9.25. The lowest BCUT2D eigenvalue weighted by molar-refractivity contribution is -0.159. The first kappa shape index (κ1) is 38.1. The Bertz CT molecular complexity index is 1390. The maximum absolute atomic E-state index is 13.7. The van der Waals surface area contributed by atoms with Crippen molar-refractivity contribution >= 4 is 31.9 Å². The second-order valence-electron chi connectivity index (χ2n) is 14.3.